The Bertz CT molecular complexity index is 1040. The number of anilines is 1. The molecule has 0 radical (unpaired) electrons. The Morgan fingerprint density at radius 2 is 1.85 bits per heavy atom. The van der Waals surface area contributed by atoms with Crippen molar-refractivity contribution >= 4 is 22.9 Å². The molecule has 5 nitrogen and oxygen atoms in total. The number of benzene rings is 2. The van der Waals surface area contributed by atoms with Crippen LogP contribution in [0.1, 0.15) is 43.9 Å². The number of carbonyl (C=O) groups is 1. The van der Waals surface area contributed by atoms with Gasteiger partial charge in [-0.05, 0) is 36.1 Å². The number of nitrogens with zero attached hydrogens (tertiary/aromatic N) is 2. The average molecular weight is 360 g/mol. The maximum absolute atomic E-state index is 12.8. The minimum Gasteiger partial charge on any atom is -0.355 e. The fraction of sp³-hybridized carbons (Fsp3) is 0.273. The Hall–Kier alpha value is -3.08. The highest BCUT2D eigenvalue weighted by Crippen LogP contribution is 2.39. The first-order valence-corrected chi connectivity index (χ1v) is 9.28. The van der Waals surface area contributed by atoms with E-state index in [2.05, 4.69) is 53.3 Å². The number of carbonyl (C=O) groups excluding carboxylic acids is 1. The third-order valence-electron chi connectivity index (χ3n) is 5.22. The van der Waals surface area contributed by atoms with Crippen molar-refractivity contribution in [1.82, 2.24) is 14.9 Å². The smallest absolute Gasteiger partial charge is 0.251 e. The molecular formula is C22H24N4O. The van der Waals surface area contributed by atoms with Gasteiger partial charge in [0.15, 0.2) is 0 Å². The van der Waals surface area contributed by atoms with E-state index in [1.165, 1.54) is 5.56 Å². The number of nitrogens with one attached hydrogen (secondary N) is 2. The topological polar surface area (TPSA) is 59.0 Å². The molecule has 27 heavy (non-hydrogen) atoms. The molecule has 1 atom stereocenters. The number of likely N-dealkylation sites (N-methyl/N-ethyl adjacent to an activating group) is 1. The van der Waals surface area contributed by atoms with Crippen LogP contribution in [0.15, 0.2) is 59.8 Å². The van der Waals surface area contributed by atoms with Crippen molar-refractivity contribution in [3.05, 3.63) is 70.9 Å². The number of para-hydroxylation sites is 2. The third kappa shape index (κ3) is 2.79. The minimum absolute atomic E-state index is 0.0821. The summed E-state index contributed by atoms with van der Waals surface area (Å²) >= 11 is 0. The Morgan fingerprint density at radius 3 is 2.52 bits per heavy atom. The molecule has 0 saturated carbocycles. The Morgan fingerprint density at radius 1 is 1.15 bits per heavy atom. The van der Waals surface area contributed by atoms with Crippen LogP contribution in [0.3, 0.4) is 0 Å². The van der Waals surface area contributed by atoms with Gasteiger partial charge in [-0.1, -0.05) is 50.2 Å². The van der Waals surface area contributed by atoms with E-state index in [0.717, 1.165) is 28.2 Å². The van der Waals surface area contributed by atoms with E-state index in [0.29, 0.717) is 11.5 Å². The Labute approximate surface area is 159 Å². The molecule has 1 amide bonds. The summed E-state index contributed by atoms with van der Waals surface area (Å²) in [5.41, 5.74) is 5.82. The molecule has 2 aromatic carbocycles. The molecule has 1 aliphatic rings. The van der Waals surface area contributed by atoms with Crippen molar-refractivity contribution in [2.75, 3.05) is 12.4 Å². The van der Waals surface area contributed by atoms with E-state index < -0.39 is 0 Å². The molecule has 0 fully saturated rings. The molecule has 4 rings (SSSR count). The number of rotatable bonds is 3. The summed E-state index contributed by atoms with van der Waals surface area (Å²) in [5, 5.41) is 6.11. The quantitative estimate of drug-likeness (QED) is 0.736. The number of imidazole rings is 1. The first kappa shape index (κ1) is 17.3. The van der Waals surface area contributed by atoms with Gasteiger partial charge in [0.05, 0.1) is 22.6 Å². The van der Waals surface area contributed by atoms with E-state index >= 15 is 0 Å². The van der Waals surface area contributed by atoms with E-state index in [4.69, 9.17) is 4.98 Å². The molecule has 5 heteroatoms. The van der Waals surface area contributed by atoms with Gasteiger partial charge in [0.2, 0.25) is 5.95 Å². The van der Waals surface area contributed by atoms with Crippen LogP contribution in [-0.4, -0.2) is 22.5 Å². The van der Waals surface area contributed by atoms with Crippen LogP contribution in [0.2, 0.25) is 0 Å². The van der Waals surface area contributed by atoms with E-state index in [-0.39, 0.29) is 11.9 Å². The number of fused-ring (bicyclic) bond motifs is 3. The second-order valence-corrected chi connectivity index (χ2v) is 7.26. The van der Waals surface area contributed by atoms with Gasteiger partial charge in [-0.3, -0.25) is 9.36 Å². The molecule has 0 aliphatic carbocycles. The molecule has 1 aliphatic heterocycles. The number of hydrogen-bond acceptors (Lipinski definition) is 3. The molecule has 0 bridgehead atoms. The summed E-state index contributed by atoms with van der Waals surface area (Å²) in [6, 6.07) is 16.3. The van der Waals surface area contributed by atoms with Crippen molar-refractivity contribution in [2.24, 2.45) is 0 Å². The Balaban J connectivity index is 1.95. The van der Waals surface area contributed by atoms with Gasteiger partial charge >= 0.3 is 0 Å². The van der Waals surface area contributed by atoms with E-state index in [1.54, 1.807) is 7.05 Å². The number of hydrogen-bond donors (Lipinski definition) is 2. The van der Waals surface area contributed by atoms with Gasteiger partial charge < -0.3 is 10.6 Å². The van der Waals surface area contributed by atoms with Gasteiger partial charge in [-0.2, -0.15) is 0 Å². The van der Waals surface area contributed by atoms with Gasteiger partial charge in [0.25, 0.3) is 5.91 Å². The lowest BCUT2D eigenvalue weighted by Gasteiger charge is -2.30. The van der Waals surface area contributed by atoms with Gasteiger partial charge in [-0.25, -0.2) is 4.98 Å². The summed E-state index contributed by atoms with van der Waals surface area (Å²) in [7, 11) is 1.67. The first-order valence-electron chi connectivity index (χ1n) is 9.28. The monoisotopic (exact) mass is 360 g/mol. The predicted molar refractivity (Wildman–Crippen MR) is 109 cm³/mol. The highest BCUT2D eigenvalue weighted by atomic mass is 16.1. The summed E-state index contributed by atoms with van der Waals surface area (Å²) in [4.78, 5) is 17.5. The van der Waals surface area contributed by atoms with Crippen molar-refractivity contribution in [3.63, 3.8) is 0 Å². The summed E-state index contributed by atoms with van der Waals surface area (Å²) in [6.45, 7) is 6.30. The van der Waals surface area contributed by atoms with Crippen molar-refractivity contribution in [1.29, 1.82) is 0 Å². The lowest BCUT2D eigenvalue weighted by Crippen LogP contribution is -2.33. The zero-order valence-corrected chi connectivity index (χ0v) is 16.1. The molecule has 2 N–H and O–H groups in total. The summed E-state index contributed by atoms with van der Waals surface area (Å²) < 4.78 is 2.12. The Kier molecular flexibility index (Phi) is 4.22. The lowest BCUT2D eigenvalue weighted by atomic mass is 9.92. The zero-order valence-electron chi connectivity index (χ0n) is 16.1. The number of aromatic nitrogens is 2. The highest BCUT2D eigenvalue weighted by molar-refractivity contribution is 5.97. The van der Waals surface area contributed by atoms with E-state index in [1.807, 2.05) is 31.2 Å². The molecule has 1 aromatic heterocycles. The highest BCUT2D eigenvalue weighted by Gasteiger charge is 2.33. The number of amides is 1. The van der Waals surface area contributed by atoms with Crippen LogP contribution in [0.5, 0.6) is 0 Å². The fourth-order valence-corrected chi connectivity index (χ4v) is 3.77. The van der Waals surface area contributed by atoms with Crippen LogP contribution in [0, 0.1) is 0 Å². The molecular weight excluding hydrogens is 336 g/mol. The van der Waals surface area contributed by atoms with Crippen molar-refractivity contribution in [2.45, 2.75) is 32.7 Å². The number of allylic oxidation sites excluding steroid dienone is 1. The summed E-state index contributed by atoms with van der Waals surface area (Å²) in [5.74, 6) is 1.15. The SMILES string of the molecule is CNC(=O)C1=C(C)Nc2nc3ccccc3n2C1c1ccc(C(C)C)cc1. The van der Waals surface area contributed by atoms with E-state index in [9.17, 15) is 4.79 Å². The fourth-order valence-electron chi connectivity index (χ4n) is 3.77. The third-order valence-corrected chi connectivity index (χ3v) is 5.22. The van der Waals surface area contributed by atoms with Crippen LogP contribution < -0.4 is 10.6 Å². The van der Waals surface area contributed by atoms with Gasteiger partial charge in [-0.15, -0.1) is 0 Å². The van der Waals surface area contributed by atoms with Gasteiger partial charge in [0.1, 0.15) is 0 Å². The predicted octanol–water partition coefficient (Wildman–Crippen LogP) is 4.19. The largest absolute Gasteiger partial charge is 0.355 e. The second kappa shape index (κ2) is 6.58. The van der Waals surface area contributed by atoms with Crippen molar-refractivity contribution < 1.29 is 4.79 Å². The second-order valence-electron chi connectivity index (χ2n) is 7.26. The molecule has 1 unspecified atom stereocenters. The van der Waals surface area contributed by atoms with Crippen LogP contribution >= 0.6 is 0 Å². The van der Waals surface area contributed by atoms with Crippen LogP contribution in [0.4, 0.5) is 5.95 Å². The standard InChI is InChI=1S/C22H24N4O/c1-13(2)15-9-11-16(12-10-15)20-19(21(27)23-4)14(3)24-22-25-17-7-5-6-8-18(17)26(20)22/h5-13,20H,1-4H3,(H,23,27)(H,24,25). The zero-order chi connectivity index (χ0) is 19.1. The lowest BCUT2D eigenvalue weighted by molar-refractivity contribution is -0.117. The molecule has 138 valence electrons. The van der Waals surface area contributed by atoms with Crippen molar-refractivity contribution in [3.8, 4) is 0 Å². The molecule has 0 spiro atoms. The van der Waals surface area contributed by atoms with Crippen LogP contribution in [-0.2, 0) is 4.79 Å². The average Bonchev–Trinajstić information content (AvgIpc) is 3.04. The summed E-state index contributed by atoms with van der Waals surface area (Å²) in [6.07, 6.45) is 0. The maximum Gasteiger partial charge on any atom is 0.251 e. The van der Waals surface area contributed by atoms with Crippen LogP contribution in [0.25, 0.3) is 11.0 Å². The first-order chi connectivity index (χ1) is 13.0. The van der Waals surface area contributed by atoms with Gasteiger partial charge in [0, 0.05) is 12.7 Å². The normalized spacial score (nSPS) is 16.4. The molecule has 0 saturated heterocycles. The minimum atomic E-state index is -0.227. The maximum atomic E-state index is 12.8. The molecule has 2 heterocycles. The molecule has 3 aromatic rings.